The summed E-state index contributed by atoms with van der Waals surface area (Å²) in [6.07, 6.45) is 10.8. The van der Waals surface area contributed by atoms with E-state index in [2.05, 4.69) is 15.7 Å². The highest BCUT2D eigenvalue weighted by Gasteiger charge is 2.28. The Kier molecular flexibility index (Phi) is 5.70. The van der Waals surface area contributed by atoms with Crippen molar-refractivity contribution in [3.05, 3.63) is 18.2 Å². The van der Waals surface area contributed by atoms with Gasteiger partial charge in [-0.25, -0.2) is 4.98 Å². The Balaban J connectivity index is 1.57. The summed E-state index contributed by atoms with van der Waals surface area (Å²) in [7, 11) is 0. The summed E-state index contributed by atoms with van der Waals surface area (Å²) in [5, 5.41) is 0. The third kappa shape index (κ3) is 4.14. The number of hydrogen-bond acceptors (Lipinski definition) is 3. The summed E-state index contributed by atoms with van der Waals surface area (Å²) in [6.45, 7) is 5.96. The van der Waals surface area contributed by atoms with Gasteiger partial charge in [-0.3, -0.25) is 4.79 Å². The number of hydrogen-bond donors (Lipinski definition) is 0. The summed E-state index contributed by atoms with van der Waals surface area (Å²) in [5.74, 6) is 2.62. The lowest BCUT2D eigenvalue weighted by atomic mass is 9.85. The molecule has 23 heavy (non-hydrogen) atoms. The van der Waals surface area contributed by atoms with Crippen LogP contribution in [-0.2, 0) is 16.1 Å². The minimum Gasteiger partial charge on any atom is -0.381 e. The van der Waals surface area contributed by atoms with Crippen LogP contribution in [-0.4, -0.2) is 46.7 Å². The third-order valence-corrected chi connectivity index (χ3v) is 5.23. The number of likely N-dealkylation sites (tertiary alicyclic amines) is 1. The molecule has 1 aliphatic carbocycles. The molecule has 0 bridgehead atoms. The highest BCUT2D eigenvalue weighted by Crippen LogP contribution is 2.31. The van der Waals surface area contributed by atoms with E-state index in [9.17, 15) is 4.79 Å². The predicted octanol–water partition coefficient (Wildman–Crippen LogP) is 2.82. The molecular weight excluding hydrogens is 290 g/mol. The normalized spacial score (nSPS) is 22.1. The molecule has 0 N–H and O–H groups in total. The molecule has 1 saturated carbocycles. The van der Waals surface area contributed by atoms with E-state index in [0.717, 1.165) is 38.4 Å². The molecule has 1 saturated heterocycles. The fraction of sp³-hybridized carbons (Fsp3) is 0.778. The second-order valence-corrected chi connectivity index (χ2v) is 6.86. The molecule has 3 rings (SSSR count). The van der Waals surface area contributed by atoms with E-state index in [0.29, 0.717) is 25.6 Å². The maximum atomic E-state index is 12.3. The predicted molar refractivity (Wildman–Crippen MR) is 89.2 cm³/mol. The molecule has 1 atom stereocenters. The Hall–Kier alpha value is -1.36. The van der Waals surface area contributed by atoms with Crippen LogP contribution in [0.5, 0.6) is 0 Å². The Morgan fingerprint density at radius 3 is 2.96 bits per heavy atom. The molecule has 5 heteroatoms. The van der Waals surface area contributed by atoms with Crippen molar-refractivity contribution in [2.24, 2.45) is 5.92 Å². The van der Waals surface area contributed by atoms with Crippen LogP contribution in [0.2, 0.25) is 0 Å². The van der Waals surface area contributed by atoms with Gasteiger partial charge >= 0.3 is 0 Å². The number of carbonyl (C=O) groups is 1. The summed E-state index contributed by atoms with van der Waals surface area (Å²) < 4.78 is 7.65. The van der Waals surface area contributed by atoms with Gasteiger partial charge in [0.2, 0.25) is 5.91 Å². The molecule has 5 nitrogen and oxygen atoms in total. The highest BCUT2D eigenvalue weighted by atomic mass is 16.5. The third-order valence-electron chi connectivity index (χ3n) is 5.23. The van der Waals surface area contributed by atoms with Crippen molar-refractivity contribution in [3.63, 3.8) is 0 Å². The fourth-order valence-corrected chi connectivity index (χ4v) is 3.66. The summed E-state index contributed by atoms with van der Waals surface area (Å²) >= 11 is 0. The molecule has 2 fully saturated rings. The van der Waals surface area contributed by atoms with Gasteiger partial charge in [0.1, 0.15) is 5.82 Å². The number of ether oxygens (including phenoxy) is 1. The standard InChI is InChI=1S/C18H29N3O2/c1-2-23-12-8-17(22)20-10-4-7-16(14-20)18-19-9-11-21(18)13-15-5-3-6-15/h9,11,15-16H,2-8,10,12-14H2,1H3. The van der Waals surface area contributed by atoms with E-state index in [4.69, 9.17) is 4.74 Å². The first-order valence-electron chi connectivity index (χ1n) is 9.14. The number of aromatic nitrogens is 2. The molecular formula is C18H29N3O2. The van der Waals surface area contributed by atoms with Crippen molar-refractivity contribution < 1.29 is 9.53 Å². The fourth-order valence-electron chi connectivity index (χ4n) is 3.66. The summed E-state index contributed by atoms with van der Waals surface area (Å²) in [6, 6.07) is 0. The molecule has 2 heterocycles. The van der Waals surface area contributed by atoms with E-state index < -0.39 is 0 Å². The molecule has 2 aliphatic rings. The van der Waals surface area contributed by atoms with E-state index in [1.807, 2.05) is 18.0 Å². The van der Waals surface area contributed by atoms with Gasteiger partial charge in [0.25, 0.3) is 0 Å². The number of imidazole rings is 1. The van der Waals surface area contributed by atoms with Crippen molar-refractivity contribution >= 4 is 5.91 Å². The molecule has 0 radical (unpaired) electrons. The first-order valence-corrected chi connectivity index (χ1v) is 9.14. The van der Waals surface area contributed by atoms with Gasteiger partial charge in [-0.1, -0.05) is 6.42 Å². The van der Waals surface area contributed by atoms with Gasteiger partial charge in [0, 0.05) is 44.6 Å². The van der Waals surface area contributed by atoms with Crippen molar-refractivity contribution in [1.29, 1.82) is 0 Å². The van der Waals surface area contributed by atoms with Crippen LogP contribution in [0.4, 0.5) is 0 Å². The zero-order valence-electron chi connectivity index (χ0n) is 14.2. The molecule has 1 unspecified atom stereocenters. The topological polar surface area (TPSA) is 47.4 Å². The van der Waals surface area contributed by atoms with Crippen LogP contribution in [0.15, 0.2) is 12.4 Å². The summed E-state index contributed by atoms with van der Waals surface area (Å²) in [5.41, 5.74) is 0. The van der Waals surface area contributed by atoms with E-state index in [-0.39, 0.29) is 5.91 Å². The molecule has 0 aromatic carbocycles. The Morgan fingerprint density at radius 1 is 1.35 bits per heavy atom. The maximum absolute atomic E-state index is 12.3. The van der Waals surface area contributed by atoms with Crippen molar-refractivity contribution in [1.82, 2.24) is 14.5 Å². The Bertz CT molecular complexity index is 510. The second kappa shape index (κ2) is 7.95. The van der Waals surface area contributed by atoms with Gasteiger partial charge in [-0.2, -0.15) is 0 Å². The molecule has 1 aromatic rings. The SMILES string of the molecule is CCOCCC(=O)N1CCCC(c2nccn2CC2CCC2)C1. The van der Waals surface area contributed by atoms with Crippen LogP contribution in [0.3, 0.4) is 0 Å². The lowest BCUT2D eigenvalue weighted by Gasteiger charge is -2.33. The van der Waals surface area contributed by atoms with Crippen molar-refractivity contribution in [2.45, 2.75) is 57.9 Å². The second-order valence-electron chi connectivity index (χ2n) is 6.86. The molecule has 1 amide bonds. The quantitative estimate of drug-likeness (QED) is 0.726. The smallest absolute Gasteiger partial charge is 0.224 e. The molecule has 128 valence electrons. The zero-order valence-corrected chi connectivity index (χ0v) is 14.2. The van der Waals surface area contributed by atoms with Crippen LogP contribution in [0.25, 0.3) is 0 Å². The van der Waals surface area contributed by atoms with Gasteiger partial charge in [-0.15, -0.1) is 0 Å². The minimum absolute atomic E-state index is 0.222. The minimum atomic E-state index is 0.222. The molecule has 1 aliphatic heterocycles. The van der Waals surface area contributed by atoms with Crippen LogP contribution in [0.1, 0.15) is 57.2 Å². The van der Waals surface area contributed by atoms with E-state index in [1.54, 1.807) is 0 Å². The average Bonchev–Trinajstić information content (AvgIpc) is 2.99. The molecule has 1 aromatic heterocycles. The van der Waals surface area contributed by atoms with E-state index >= 15 is 0 Å². The largest absolute Gasteiger partial charge is 0.381 e. The van der Waals surface area contributed by atoms with Gasteiger partial charge in [0.15, 0.2) is 0 Å². The zero-order chi connectivity index (χ0) is 16.1. The van der Waals surface area contributed by atoms with Crippen molar-refractivity contribution in [3.8, 4) is 0 Å². The average molecular weight is 319 g/mol. The first-order chi connectivity index (χ1) is 11.3. The van der Waals surface area contributed by atoms with Gasteiger partial charge in [-0.05, 0) is 38.5 Å². The monoisotopic (exact) mass is 319 g/mol. The van der Waals surface area contributed by atoms with Crippen LogP contribution < -0.4 is 0 Å². The number of amides is 1. The van der Waals surface area contributed by atoms with E-state index in [1.165, 1.54) is 25.1 Å². The first kappa shape index (κ1) is 16.5. The number of carbonyl (C=O) groups excluding carboxylic acids is 1. The number of piperidine rings is 1. The van der Waals surface area contributed by atoms with Crippen LogP contribution >= 0.6 is 0 Å². The van der Waals surface area contributed by atoms with Gasteiger partial charge in [0.05, 0.1) is 13.0 Å². The van der Waals surface area contributed by atoms with Crippen molar-refractivity contribution in [2.75, 3.05) is 26.3 Å². The number of rotatable bonds is 7. The molecule has 0 spiro atoms. The maximum Gasteiger partial charge on any atom is 0.224 e. The Morgan fingerprint density at radius 2 is 2.22 bits per heavy atom. The Labute approximate surface area is 139 Å². The highest BCUT2D eigenvalue weighted by molar-refractivity contribution is 5.76. The lowest BCUT2D eigenvalue weighted by molar-refractivity contribution is -0.133. The summed E-state index contributed by atoms with van der Waals surface area (Å²) in [4.78, 5) is 19.0. The number of nitrogens with zero attached hydrogens (tertiary/aromatic N) is 3. The van der Waals surface area contributed by atoms with Gasteiger partial charge < -0.3 is 14.2 Å². The lowest BCUT2D eigenvalue weighted by Crippen LogP contribution is -2.40. The van der Waals surface area contributed by atoms with Crippen LogP contribution in [0, 0.1) is 5.92 Å².